The molecule has 0 bridgehead atoms. The van der Waals surface area contributed by atoms with Crippen molar-refractivity contribution in [1.82, 2.24) is 4.90 Å². The van der Waals surface area contributed by atoms with Crippen molar-refractivity contribution in [2.24, 2.45) is 4.99 Å². The van der Waals surface area contributed by atoms with Crippen LogP contribution in [0.2, 0.25) is 0 Å². The number of carbonyl (C=O) groups excluding carboxylic acids is 2. The van der Waals surface area contributed by atoms with Gasteiger partial charge < -0.3 is 15.3 Å². The van der Waals surface area contributed by atoms with Gasteiger partial charge >= 0.3 is 0 Å². The van der Waals surface area contributed by atoms with Crippen LogP contribution in [0, 0.1) is 20.2 Å². The number of aliphatic hydroxyl groups is 1. The zero-order valence-electron chi connectivity index (χ0n) is 17.8. The van der Waals surface area contributed by atoms with Gasteiger partial charge in [0.25, 0.3) is 11.4 Å². The number of nitrogens with zero attached hydrogens (tertiary/aromatic N) is 4. The highest BCUT2D eigenvalue weighted by Gasteiger charge is 2.29. The molecule has 174 valence electrons. The number of nitro benzene ring substituents is 2. The summed E-state index contributed by atoms with van der Waals surface area (Å²) in [5.41, 5.74) is 0.336. The van der Waals surface area contributed by atoms with Crippen LogP contribution in [0.25, 0.3) is 0 Å². The third-order valence-corrected chi connectivity index (χ3v) is 4.81. The molecular formula is C21H23N5O7. The summed E-state index contributed by atoms with van der Waals surface area (Å²) in [6.45, 7) is 2.74. The van der Waals surface area contributed by atoms with Gasteiger partial charge in [0.2, 0.25) is 6.41 Å². The van der Waals surface area contributed by atoms with Crippen molar-refractivity contribution in [3.63, 3.8) is 0 Å². The largest absolute Gasteiger partial charge is 0.369 e. The van der Waals surface area contributed by atoms with Crippen molar-refractivity contribution in [2.45, 2.75) is 32.4 Å². The maximum Gasteiger partial charge on any atom is 0.282 e. The molecule has 12 heteroatoms. The highest BCUT2D eigenvalue weighted by Crippen LogP contribution is 2.37. The van der Waals surface area contributed by atoms with E-state index < -0.39 is 16.1 Å². The van der Waals surface area contributed by atoms with Crippen LogP contribution in [-0.4, -0.2) is 45.4 Å². The van der Waals surface area contributed by atoms with E-state index in [-0.39, 0.29) is 28.2 Å². The molecule has 1 aliphatic rings. The lowest BCUT2D eigenvalue weighted by Gasteiger charge is -2.29. The Morgan fingerprint density at radius 2 is 1.76 bits per heavy atom. The van der Waals surface area contributed by atoms with E-state index in [1.165, 1.54) is 24.3 Å². The molecule has 0 saturated carbocycles. The fourth-order valence-corrected chi connectivity index (χ4v) is 3.19. The van der Waals surface area contributed by atoms with Crippen molar-refractivity contribution < 1.29 is 24.5 Å². The second-order valence-corrected chi connectivity index (χ2v) is 6.91. The number of benzene rings is 2. The molecule has 1 amide bonds. The van der Waals surface area contributed by atoms with Crippen LogP contribution in [0.4, 0.5) is 22.7 Å². The topological polar surface area (TPSA) is 168 Å². The first-order chi connectivity index (χ1) is 15.8. The first-order valence-electron chi connectivity index (χ1n) is 10.0. The molecule has 2 aromatic rings. The van der Waals surface area contributed by atoms with E-state index in [0.29, 0.717) is 24.9 Å². The Bertz CT molecular complexity index is 1060. The highest BCUT2D eigenvalue weighted by molar-refractivity contribution is 5.93. The predicted octanol–water partition coefficient (Wildman–Crippen LogP) is 3.73. The molecule has 2 aromatic carbocycles. The predicted molar refractivity (Wildman–Crippen MR) is 121 cm³/mol. The Morgan fingerprint density at radius 3 is 2.36 bits per heavy atom. The number of rotatable bonds is 9. The number of nitrogens with one attached hydrogen (secondary N) is 1. The number of aldehydes is 1. The van der Waals surface area contributed by atoms with Gasteiger partial charge in [-0.3, -0.25) is 29.8 Å². The van der Waals surface area contributed by atoms with E-state index >= 15 is 0 Å². The Hall–Kier alpha value is -4.19. The average Bonchev–Trinajstić information content (AvgIpc) is 2.80. The van der Waals surface area contributed by atoms with Crippen molar-refractivity contribution in [2.75, 3.05) is 11.9 Å². The lowest BCUT2D eigenvalue weighted by atomic mass is 10.1. The molecule has 0 aromatic heterocycles. The van der Waals surface area contributed by atoms with Crippen LogP contribution in [-0.2, 0) is 4.79 Å². The monoisotopic (exact) mass is 457 g/mol. The molecule has 1 aliphatic heterocycles. The lowest BCUT2D eigenvalue weighted by molar-refractivity contribution is -0.386. The second-order valence-electron chi connectivity index (χ2n) is 6.91. The van der Waals surface area contributed by atoms with Gasteiger partial charge in [-0.05, 0) is 18.6 Å². The zero-order chi connectivity index (χ0) is 24.4. The van der Waals surface area contributed by atoms with Gasteiger partial charge in [-0.2, -0.15) is 0 Å². The molecule has 0 fully saturated rings. The molecule has 1 heterocycles. The molecule has 1 unspecified atom stereocenters. The minimum absolute atomic E-state index is 0.0812. The number of anilines is 1. The minimum atomic E-state index is -0.994. The molecule has 0 saturated heterocycles. The Kier molecular flexibility index (Phi) is 9.12. The number of unbranched alkanes of at least 4 members (excludes halogenated alkanes) is 2. The van der Waals surface area contributed by atoms with Crippen LogP contribution >= 0.6 is 0 Å². The lowest BCUT2D eigenvalue weighted by Crippen LogP contribution is -2.31. The van der Waals surface area contributed by atoms with E-state index in [2.05, 4.69) is 17.2 Å². The van der Waals surface area contributed by atoms with E-state index in [4.69, 9.17) is 0 Å². The first kappa shape index (κ1) is 25.1. The maximum absolute atomic E-state index is 11.0. The number of carbonyl (C=O) groups is 2. The normalized spacial score (nSPS) is 13.9. The van der Waals surface area contributed by atoms with E-state index in [1.54, 1.807) is 23.4 Å². The zero-order valence-corrected chi connectivity index (χ0v) is 17.8. The summed E-state index contributed by atoms with van der Waals surface area (Å²) in [6, 6.07) is 8.63. The summed E-state index contributed by atoms with van der Waals surface area (Å²) in [7, 11) is 0. The molecule has 33 heavy (non-hydrogen) atoms. The SMILES string of the molecule is CCCCCN1C=Nc2cccc([N+](=O)[O-])c2C1O.O=CNc1cccc([N+](=O)[O-])c1C=O. The molecule has 0 radical (unpaired) electrons. The molecule has 12 nitrogen and oxygen atoms in total. The van der Waals surface area contributed by atoms with E-state index in [0.717, 1.165) is 19.3 Å². The van der Waals surface area contributed by atoms with Crippen LogP contribution in [0.3, 0.4) is 0 Å². The number of amides is 1. The summed E-state index contributed by atoms with van der Waals surface area (Å²) >= 11 is 0. The maximum atomic E-state index is 11.0. The van der Waals surface area contributed by atoms with Crippen molar-refractivity contribution in [3.8, 4) is 0 Å². The Balaban J connectivity index is 0.000000245. The quantitative estimate of drug-likeness (QED) is 0.248. The standard InChI is InChI=1S/C13H17N3O3.C8H6N2O4/c1-2-3-4-8-15-9-14-10-6-5-7-11(16(18)19)12(10)13(15)17;11-4-6-7(9-5-12)2-1-3-8(6)10(13)14/h5-7,9,13,17H,2-4,8H2,1H3;1-5H,(H,9,12). The van der Waals surface area contributed by atoms with Gasteiger partial charge in [-0.1, -0.05) is 31.9 Å². The number of aliphatic imine (C=N–C) groups is 1. The Morgan fingerprint density at radius 1 is 1.09 bits per heavy atom. The third kappa shape index (κ3) is 6.17. The number of hydrogen-bond acceptors (Lipinski definition) is 9. The Labute approximate surface area is 188 Å². The molecule has 0 aliphatic carbocycles. The molecular weight excluding hydrogens is 434 g/mol. The second kappa shape index (κ2) is 12.0. The van der Waals surface area contributed by atoms with Crippen LogP contribution in [0.1, 0.15) is 48.3 Å². The van der Waals surface area contributed by atoms with Crippen LogP contribution in [0.15, 0.2) is 41.4 Å². The third-order valence-electron chi connectivity index (χ3n) is 4.81. The fraction of sp³-hybridized carbons (Fsp3) is 0.286. The van der Waals surface area contributed by atoms with Gasteiger partial charge in [-0.25, -0.2) is 4.99 Å². The van der Waals surface area contributed by atoms with Crippen molar-refractivity contribution >= 4 is 41.8 Å². The summed E-state index contributed by atoms with van der Waals surface area (Å²) in [4.78, 5) is 46.8. The molecule has 0 spiro atoms. The van der Waals surface area contributed by atoms with E-state index in [9.17, 15) is 34.9 Å². The number of fused-ring (bicyclic) bond motifs is 1. The molecule has 1 atom stereocenters. The number of hydrogen-bond donors (Lipinski definition) is 2. The number of aliphatic hydroxyl groups excluding tert-OH is 1. The first-order valence-corrected chi connectivity index (χ1v) is 10.0. The smallest absolute Gasteiger partial charge is 0.282 e. The van der Waals surface area contributed by atoms with E-state index in [1.807, 2.05) is 0 Å². The number of nitro groups is 2. The minimum Gasteiger partial charge on any atom is -0.369 e. The van der Waals surface area contributed by atoms with Crippen LogP contribution in [0.5, 0.6) is 0 Å². The van der Waals surface area contributed by atoms with Gasteiger partial charge in [0.15, 0.2) is 12.5 Å². The molecule has 2 N–H and O–H groups in total. The van der Waals surface area contributed by atoms with Crippen molar-refractivity contribution in [3.05, 3.63) is 67.8 Å². The van der Waals surface area contributed by atoms with Gasteiger partial charge in [-0.15, -0.1) is 0 Å². The molecule has 3 rings (SSSR count). The van der Waals surface area contributed by atoms with Crippen molar-refractivity contribution in [1.29, 1.82) is 0 Å². The van der Waals surface area contributed by atoms with Gasteiger partial charge in [0.1, 0.15) is 11.1 Å². The summed E-state index contributed by atoms with van der Waals surface area (Å²) in [5, 5.41) is 34.0. The summed E-state index contributed by atoms with van der Waals surface area (Å²) < 4.78 is 0. The van der Waals surface area contributed by atoms with Gasteiger partial charge in [0, 0.05) is 18.7 Å². The summed E-state index contributed by atoms with van der Waals surface area (Å²) in [6.07, 6.45) is 4.32. The van der Waals surface area contributed by atoms with Gasteiger partial charge in [0.05, 0.1) is 27.6 Å². The fourth-order valence-electron chi connectivity index (χ4n) is 3.19. The highest BCUT2D eigenvalue weighted by atomic mass is 16.6. The van der Waals surface area contributed by atoms with Crippen LogP contribution < -0.4 is 5.32 Å². The summed E-state index contributed by atoms with van der Waals surface area (Å²) in [5.74, 6) is 0. The average molecular weight is 457 g/mol.